The van der Waals surface area contributed by atoms with Gasteiger partial charge in [-0.2, -0.15) is 0 Å². The molecule has 0 fully saturated rings. The smallest absolute Gasteiger partial charge is 0.326 e. The summed E-state index contributed by atoms with van der Waals surface area (Å²) in [5.41, 5.74) is 2.68. The number of carbonyl (C=O) groups is 3. The quantitative estimate of drug-likeness (QED) is 0.636. The topological polar surface area (TPSA) is 93.7 Å². The van der Waals surface area contributed by atoms with Gasteiger partial charge in [0, 0.05) is 0 Å². The van der Waals surface area contributed by atoms with Crippen LogP contribution < -0.4 is 15.4 Å². The Hall–Kier alpha value is -3.35. The van der Waals surface area contributed by atoms with Gasteiger partial charge in [0.25, 0.3) is 11.8 Å². The highest BCUT2D eigenvalue weighted by Gasteiger charge is 2.25. The molecular formula is C24H28N2O5. The highest BCUT2D eigenvalue weighted by molar-refractivity contribution is 5.98. The van der Waals surface area contributed by atoms with Crippen LogP contribution in [-0.2, 0) is 20.7 Å². The molecule has 0 heterocycles. The van der Waals surface area contributed by atoms with Crippen molar-refractivity contribution in [3.8, 4) is 5.75 Å². The van der Waals surface area contributed by atoms with Crippen LogP contribution >= 0.6 is 0 Å². The van der Waals surface area contributed by atoms with Crippen molar-refractivity contribution in [1.82, 2.24) is 10.6 Å². The van der Waals surface area contributed by atoms with Crippen LogP contribution in [0.4, 0.5) is 0 Å². The second kappa shape index (κ2) is 10.6. The van der Waals surface area contributed by atoms with Gasteiger partial charge in [0.15, 0.2) is 6.10 Å². The summed E-state index contributed by atoms with van der Waals surface area (Å²) in [7, 11) is 0. The lowest BCUT2D eigenvalue weighted by atomic mass is 9.87. The number of nitrogens with one attached hydrogen (secondary N) is 2. The van der Waals surface area contributed by atoms with E-state index in [0.717, 1.165) is 24.8 Å². The number of para-hydroxylation sites is 1. The molecule has 31 heavy (non-hydrogen) atoms. The molecule has 7 heteroatoms. The number of carbonyl (C=O) groups excluding carboxylic acids is 3. The first-order chi connectivity index (χ1) is 15.0. The van der Waals surface area contributed by atoms with Crippen molar-refractivity contribution in [2.45, 2.75) is 45.3 Å². The maximum absolute atomic E-state index is 12.5. The lowest BCUT2D eigenvalue weighted by molar-refractivity contribution is -0.154. The minimum Gasteiger partial charge on any atom is -0.493 e. The summed E-state index contributed by atoms with van der Waals surface area (Å²) in [6.45, 7) is 3.42. The van der Waals surface area contributed by atoms with Crippen molar-refractivity contribution >= 4 is 17.8 Å². The third-order valence-electron chi connectivity index (χ3n) is 5.19. The number of esters is 1. The molecular weight excluding hydrogens is 396 g/mol. The SMILES string of the molecule is CCOc1ccccc1C(=O)NCC(=O)O[C@@H](C)C(=O)N[C@H]1CCCc2ccccc21. The van der Waals surface area contributed by atoms with Crippen molar-refractivity contribution in [3.63, 3.8) is 0 Å². The summed E-state index contributed by atoms with van der Waals surface area (Å²) >= 11 is 0. The van der Waals surface area contributed by atoms with Gasteiger partial charge in [0.2, 0.25) is 0 Å². The fraction of sp³-hybridized carbons (Fsp3) is 0.375. The molecule has 1 aliphatic rings. The Kier molecular flexibility index (Phi) is 7.65. The molecule has 0 saturated heterocycles. The maximum Gasteiger partial charge on any atom is 0.326 e. The Labute approximate surface area is 182 Å². The molecule has 2 atom stereocenters. The number of hydrogen-bond acceptors (Lipinski definition) is 5. The second-order valence-electron chi connectivity index (χ2n) is 7.40. The Bertz CT molecular complexity index is 943. The Balaban J connectivity index is 1.49. The molecule has 2 aromatic rings. The second-order valence-corrected chi connectivity index (χ2v) is 7.40. The molecule has 0 bridgehead atoms. The Morgan fingerprint density at radius 2 is 1.84 bits per heavy atom. The average molecular weight is 424 g/mol. The molecule has 0 aromatic heterocycles. The molecule has 3 rings (SSSR count). The van der Waals surface area contributed by atoms with Gasteiger partial charge in [0.1, 0.15) is 12.3 Å². The number of rotatable bonds is 8. The molecule has 0 unspecified atom stereocenters. The first-order valence-corrected chi connectivity index (χ1v) is 10.6. The van der Waals surface area contributed by atoms with Crippen molar-refractivity contribution in [2.75, 3.05) is 13.2 Å². The van der Waals surface area contributed by atoms with Crippen LogP contribution in [0, 0.1) is 0 Å². The van der Waals surface area contributed by atoms with Crippen LogP contribution in [0.25, 0.3) is 0 Å². The van der Waals surface area contributed by atoms with Crippen LogP contribution in [0.15, 0.2) is 48.5 Å². The van der Waals surface area contributed by atoms with E-state index < -0.39 is 18.0 Å². The van der Waals surface area contributed by atoms with Crippen LogP contribution in [0.5, 0.6) is 5.75 Å². The van der Waals surface area contributed by atoms with Crippen molar-refractivity contribution in [3.05, 3.63) is 65.2 Å². The lowest BCUT2D eigenvalue weighted by Crippen LogP contribution is -2.41. The predicted molar refractivity (Wildman–Crippen MR) is 116 cm³/mol. The highest BCUT2D eigenvalue weighted by atomic mass is 16.5. The van der Waals surface area contributed by atoms with Crippen molar-refractivity contribution < 1.29 is 23.9 Å². The minimum atomic E-state index is -0.964. The molecule has 164 valence electrons. The van der Waals surface area contributed by atoms with E-state index in [4.69, 9.17) is 9.47 Å². The summed E-state index contributed by atoms with van der Waals surface area (Å²) in [6, 6.07) is 14.7. The van der Waals surface area contributed by atoms with Gasteiger partial charge in [-0.25, -0.2) is 0 Å². The number of hydrogen-bond donors (Lipinski definition) is 2. The van der Waals surface area contributed by atoms with Gasteiger partial charge in [0.05, 0.1) is 18.2 Å². The lowest BCUT2D eigenvalue weighted by Gasteiger charge is -2.27. The predicted octanol–water partition coefficient (Wildman–Crippen LogP) is 2.94. The summed E-state index contributed by atoms with van der Waals surface area (Å²) in [6.07, 6.45) is 1.87. The Morgan fingerprint density at radius 1 is 1.10 bits per heavy atom. The number of aryl methyl sites for hydroxylation is 1. The number of ether oxygens (including phenoxy) is 2. The fourth-order valence-electron chi connectivity index (χ4n) is 3.67. The van der Waals surface area contributed by atoms with Crippen LogP contribution in [0.2, 0.25) is 0 Å². The number of amides is 2. The molecule has 0 spiro atoms. The molecule has 1 aliphatic carbocycles. The van der Waals surface area contributed by atoms with Crippen LogP contribution in [-0.4, -0.2) is 37.0 Å². The largest absolute Gasteiger partial charge is 0.493 e. The van der Waals surface area contributed by atoms with E-state index in [1.54, 1.807) is 24.3 Å². The van der Waals surface area contributed by atoms with Gasteiger partial charge < -0.3 is 20.1 Å². The molecule has 0 saturated carbocycles. The van der Waals surface area contributed by atoms with Gasteiger partial charge in [-0.15, -0.1) is 0 Å². The normalized spacial score (nSPS) is 15.9. The molecule has 0 aliphatic heterocycles. The highest BCUT2D eigenvalue weighted by Crippen LogP contribution is 2.29. The van der Waals surface area contributed by atoms with Gasteiger partial charge in [-0.1, -0.05) is 36.4 Å². The van der Waals surface area contributed by atoms with E-state index in [1.807, 2.05) is 25.1 Å². The molecule has 0 radical (unpaired) electrons. The van der Waals surface area contributed by atoms with E-state index >= 15 is 0 Å². The van der Waals surface area contributed by atoms with E-state index in [9.17, 15) is 14.4 Å². The molecule has 2 aromatic carbocycles. The summed E-state index contributed by atoms with van der Waals surface area (Å²) in [5.74, 6) is -1.05. The fourth-order valence-corrected chi connectivity index (χ4v) is 3.67. The summed E-state index contributed by atoms with van der Waals surface area (Å²) < 4.78 is 10.6. The van der Waals surface area contributed by atoms with Crippen LogP contribution in [0.1, 0.15) is 54.2 Å². The third kappa shape index (κ3) is 5.84. The zero-order valence-electron chi connectivity index (χ0n) is 17.9. The molecule has 7 nitrogen and oxygen atoms in total. The van der Waals surface area contributed by atoms with Crippen molar-refractivity contribution in [1.29, 1.82) is 0 Å². The minimum absolute atomic E-state index is 0.0895. The summed E-state index contributed by atoms with van der Waals surface area (Å²) in [5, 5.41) is 5.48. The van der Waals surface area contributed by atoms with E-state index in [2.05, 4.69) is 16.7 Å². The zero-order chi connectivity index (χ0) is 22.2. The van der Waals surface area contributed by atoms with Gasteiger partial charge >= 0.3 is 5.97 Å². The average Bonchev–Trinajstić information content (AvgIpc) is 2.78. The first kappa shape index (κ1) is 22.3. The Morgan fingerprint density at radius 3 is 2.65 bits per heavy atom. The monoisotopic (exact) mass is 424 g/mol. The molecule has 2 amide bonds. The van der Waals surface area contributed by atoms with E-state index in [-0.39, 0.29) is 18.5 Å². The molecule has 2 N–H and O–H groups in total. The number of fused-ring (bicyclic) bond motifs is 1. The third-order valence-corrected chi connectivity index (χ3v) is 5.19. The zero-order valence-corrected chi connectivity index (χ0v) is 17.9. The number of benzene rings is 2. The van der Waals surface area contributed by atoms with Gasteiger partial charge in [-0.3, -0.25) is 14.4 Å². The van der Waals surface area contributed by atoms with Crippen LogP contribution in [0.3, 0.4) is 0 Å². The van der Waals surface area contributed by atoms with Crippen molar-refractivity contribution in [2.24, 2.45) is 0 Å². The standard InChI is InChI=1S/C24H28N2O5/c1-3-30-21-14-7-6-12-19(21)24(29)25-15-22(27)31-16(2)23(28)26-20-13-8-10-17-9-4-5-11-18(17)20/h4-7,9,11-12,14,16,20H,3,8,10,13,15H2,1-2H3,(H,25,29)(H,26,28)/t16-,20-/m0/s1. The van der Waals surface area contributed by atoms with E-state index in [1.165, 1.54) is 12.5 Å². The summed E-state index contributed by atoms with van der Waals surface area (Å²) in [4.78, 5) is 37.1. The first-order valence-electron chi connectivity index (χ1n) is 10.6. The van der Waals surface area contributed by atoms with E-state index in [0.29, 0.717) is 17.9 Å². The van der Waals surface area contributed by atoms with Gasteiger partial charge in [-0.05, 0) is 56.4 Å². The maximum atomic E-state index is 12.5.